The zero-order chi connectivity index (χ0) is 10.7. The van der Waals surface area contributed by atoms with E-state index in [1.54, 1.807) is 23.5 Å². The molecule has 3 nitrogen and oxygen atoms in total. The lowest BCUT2D eigenvalue weighted by atomic mass is 10.4. The van der Waals surface area contributed by atoms with Crippen LogP contribution in [0.2, 0.25) is 0 Å². The Labute approximate surface area is 91.9 Å². The van der Waals surface area contributed by atoms with Crippen LogP contribution < -0.4 is 4.90 Å². The average molecular weight is 221 g/mol. The summed E-state index contributed by atoms with van der Waals surface area (Å²) in [5, 5.41) is 2.04. The third-order valence-electron chi connectivity index (χ3n) is 2.08. The molecule has 0 amide bonds. The van der Waals surface area contributed by atoms with E-state index in [1.807, 2.05) is 23.4 Å². The summed E-state index contributed by atoms with van der Waals surface area (Å²) in [7, 11) is 1.94. The van der Waals surface area contributed by atoms with Crippen LogP contribution in [0.25, 0.3) is 0 Å². The summed E-state index contributed by atoms with van der Waals surface area (Å²) in [5.41, 5.74) is 0. The number of thiophene rings is 1. The number of hydrogen-bond acceptors (Lipinski definition) is 4. The number of carbonyl (C=O) groups is 1. The number of aldehydes is 1. The molecule has 0 N–H and O–H groups in total. The van der Waals surface area contributed by atoms with E-state index in [0.29, 0.717) is 17.9 Å². The Morgan fingerprint density at radius 3 is 2.93 bits per heavy atom. The highest BCUT2D eigenvalue weighted by Crippen LogP contribution is 2.19. The van der Waals surface area contributed by atoms with E-state index in [9.17, 15) is 4.79 Å². The van der Waals surface area contributed by atoms with E-state index in [0.717, 1.165) is 6.54 Å². The largest absolute Gasteiger partial charge is 0.438 e. The van der Waals surface area contributed by atoms with Crippen molar-refractivity contribution in [2.24, 2.45) is 0 Å². The minimum atomic E-state index is 0.364. The van der Waals surface area contributed by atoms with Gasteiger partial charge in [0.2, 0.25) is 0 Å². The van der Waals surface area contributed by atoms with E-state index >= 15 is 0 Å². The molecule has 0 aromatic carbocycles. The number of carbonyl (C=O) groups excluding carboxylic acids is 1. The van der Waals surface area contributed by atoms with Gasteiger partial charge in [-0.1, -0.05) is 6.07 Å². The van der Waals surface area contributed by atoms with Crippen molar-refractivity contribution in [1.82, 2.24) is 0 Å². The Balaban J connectivity index is 2.07. The molecule has 0 unspecified atom stereocenters. The van der Waals surface area contributed by atoms with Crippen LogP contribution in [0.15, 0.2) is 34.1 Å². The van der Waals surface area contributed by atoms with Crippen molar-refractivity contribution in [1.29, 1.82) is 0 Å². The quantitative estimate of drug-likeness (QED) is 0.744. The predicted molar refractivity (Wildman–Crippen MR) is 60.5 cm³/mol. The molecule has 2 heterocycles. The molecule has 0 saturated heterocycles. The van der Waals surface area contributed by atoms with Gasteiger partial charge in [0.1, 0.15) is 0 Å². The molecule has 2 rings (SSSR count). The summed E-state index contributed by atoms with van der Waals surface area (Å²) in [6.07, 6.45) is 0.711. The Kier molecular flexibility index (Phi) is 2.87. The van der Waals surface area contributed by atoms with Crippen LogP contribution in [0.5, 0.6) is 0 Å². The molecule has 15 heavy (non-hydrogen) atoms. The standard InChI is InChI=1S/C11H11NO2S/c1-12(7-10-3-2-6-15-10)11-5-4-9(8-13)14-11/h2-6,8H,7H2,1H3. The summed E-state index contributed by atoms with van der Waals surface area (Å²) >= 11 is 1.71. The molecule has 0 spiro atoms. The molecule has 0 atom stereocenters. The van der Waals surface area contributed by atoms with Gasteiger partial charge in [0.05, 0.1) is 6.54 Å². The molecule has 78 valence electrons. The van der Waals surface area contributed by atoms with Gasteiger partial charge in [-0.25, -0.2) is 0 Å². The molecule has 2 aromatic heterocycles. The maximum atomic E-state index is 10.4. The van der Waals surface area contributed by atoms with Crippen molar-refractivity contribution in [3.05, 3.63) is 40.3 Å². The lowest BCUT2D eigenvalue weighted by Gasteiger charge is -2.14. The third-order valence-corrected chi connectivity index (χ3v) is 2.94. The topological polar surface area (TPSA) is 33.5 Å². The van der Waals surface area contributed by atoms with E-state index in [1.165, 1.54) is 4.88 Å². The number of nitrogens with zero attached hydrogens (tertiary/aromatic N) is 1. The first kappa shape index (κ1) is 9.98. The second-order valence-electron chi connectivity index (χ2n) is 3.23. The molecule has 0 aliphatic rings. The van der Waals surface area contributed by atoms with Gasteiger partial charge < -0.3 is 9.32 Å². The van der Waals surface area contributed by atoms with Crippen LogP contribution >= 0.6 is 11.3 Å². The molecule has 4 heteroatoms. The van der Waals surface area contributed by atoms with Gasteiger partial charge in [0.25, 0.3) is 0 Å². The molecule has 0 bridgehead atoms. The van der Waals surface area contributed by atoms with Crippen LogP contribution in [0.3, 0.4) is 0 Å². The zero-order valence-electron chi connectivity index (χ0n) is 8.34. The smallest absolute Gasteiger partial charge is 0.196 e. The molecular formula is C11H11NO2S. The van der Waals surface area contributed by atoms with Gasteiger partial charge in [-0.2, -0.15) is 0 Å². The number of anilines is 1. The van der Waals surface area contributed by atoms with E-state index in [4.69, 9.17) is 4.42 Å². The van der Waals surface area contributed by atoms with Crippen molar-refractivity contribution in [2.45, 2.75) is 6.54 Å². The lowest BCUT2D eigenvalue weighted by Crippen LogP contribution is -2.14. The highest BCUT2D eigenvalue weighted by atomic mass is 32.1. The highest BCUT2D eigenvalue weighted by Gasteiger charge is 2.07. The second kappa shape index (κ2) is 4.31. The van der Waals surface area contributed by atoms with Gasteiger partial charge in [-0.3, -0.25) is 4.79 Å². The van der Waals surface area contributed by atoms with Gasteiger partial charge in [-0.15, -0.1) is 11.3 Å². The Bertz CT molecular complexity index is 433. The molecule has 2 aromatic rings. The number of hydrogen-bond donors (Lipinski definition) is 0. The van der Waals surface area contributed by atoms with Crippen molar-refractivity contribution >= 4 is 23.5 Å². The van der Waals surface area contributed by atoms with Crippen LogP contribution in [-0.2, 0) is 6.54 Å². The summed E-state index contributed by atoms with van der Waals surface area (Å²) in [6.45, 7) is 0.795. The third kappa shape index (κ3) is 2.27. The van der Waals surface area contributed by atoms with Gasteiger partial charge in [0, 0.05) is 18.0 Å². The molecular weight excluding hydrogens is 210 g/mol. The minimum Gasteiger partial charge on any atom is -0.438 e. The minimum absolute atomic E-state index is 0.364. The van der Waals surface area contributed by atoms with Gasteiger partial charge in [-0.05, 0) is 17.5 Å². The van der Waals surface area contributed by atoms with Gasteiger partial charge >= 0.3 is 0 Å². The molecule has 0 radical (unpaired) electrons. The Hall–Kier alpha value is -1.55. The summed E-state index contributed by atoms with van der Waals surface area (Å²) < 4.78 is 5.31. The molecule has 0 saturated carbocycles. The normalized spacial score (nSPS) is 10.2. The van der Waals surface area contributed by atoms with E-state index < -0.39 is 0 Å². The molecule has 0 aliphatic carbocycles. The first-order chi connectivity index (χ1) is 7.29. The first-order valence-corrected chi connectivity index (χ1v) is 5.46. The second-order valence-corrected chi connectivity index (χ2v) is 4.26. The van der Waals surface area contributed by atoms with Crippen LogP contribution in [0.1, 0.15) is 15.4 Å². The van der Waals surface area contributed by atoms with E-state index in [-0.39, 0.29) is 0 Å². The summed E-state index contributed by atoms with van der Waals surface area (Å²) in [5.74, 6) is 1.08. The zero-order valence-corrected chi connectivity index (χ0v) is 9.16. The Morgan fingerprint density at radius 2 is 2.33 bits per heavy atom. The summed E-state index contributed by atoms with van der Waals surface area (Å²) in [4.78, 5) is 13.7. The Morgan fingerprint density at radius 1 is 1.47 bits per heavy atom. The fraction of sp³-hybridized carbons (Fsp3) is 0.182. The van der Waals surface area contributed by atoms with Crippen molar-refractivity contribution in [3.8, 4) is 0 Å². The van der Waals surface area contributed by atoms with Crippen LogP contribution in [0, 0.1) is 0 Å². The van der Waals surface area contributed by atoms with Crippen molar-refractivity contribution in [3.63, 3.8) is 0 Å². The SMILES string of the molecule is CN(Cc1cccs1)c1ccc(C=O)o1. The van der Waals surface area contributed by atoms with Crippen molar-refractivity contribution in [2.75, 3.05) is 11.9 Å². The van der Waals surface area contributed by atoms with Gasteiger partial charge in [0.15, 0.2) is 17.9 Å². The average Bonchev–Trinajstić information content (AvgIpc) is 2.86. The summed E-state index contributed by atoms with van der Waals surface area (Å²) in [6, 6.07) is 7.57. The van der Waals surface area contributed by atoms with Crippen LogP contribution in [-0.4, -0.2) is 13.3 Å². The maximum Gasteiger partial charge on any atom is 0.196 e. The van der Waals surface area contributed by atoms with Crippen LogP contribution in [0.4, 0.5) is 5.88 Å². The van der Waals surface area contributed by atoms with E-state index in [2.05, 4.69) is 6.07 Å². The first-order valence-electron chi connectivity index (χ1n) is 4.58. The monoisotopic (exact) mass is 221 g/mol. The fourth-order valence-electron chi connectivity index (χ4n) is 1.32. The fourth-order valence-corrected chi connectivity index (χ4v) is 2.08. The molecule has 0 fully saturated rings. The number of furan rings is 1. The number of rotatable bonds is 4. The highest BCUT2D eigenvalue weighted by molar-refractivity contribution is 7.09. The maximum absolute atomic E-state index is 10.4. The molecule has 0 aliphatic heterocycles. The lowest BCUT2D eigenvalue weighted by molar-refractivity contribution is 0.110. The van der Waals surface area contributed by atoms with Crippen molar-refractivity contribution < 1.29 is 9.21 Å². The predicted octanol–water partition coefficient (Wildman–Crippen LogP) is 2.79.